The number of unbranched alkanes of at least 4 members (excludes halogenated alkanes) is 3. The molecule has 0 saturated carbocycles. The first-order chi connectivity index (χ1) is 9.81. The normalized spacial score (nSPS) is 12.5. The number of hydrogen-bond donors (Lipinski definition) is 0. The van der Waals surface area contributed by atoms with Gasteiger partial charge in [-0.3, -0.25) is 0 Å². The van der Waals surface area contributed by atoms with Gasteiger partial charge in [0, 0.05) is 29.3 Å². The van der Waals surface area contributed by atoms with Crippen LogP contribution in [-0.2, 0) is 6.54 Å². The molecule has 0 aliphatic rings. The third-order valence-electron chi connectivity index (χ3n) is 3.74. The van der Waals surface area contributed by atoms with E-state index in [1.165, 1.54) is 42.1 Å². The first-order valence-corrected chi connectivity index (χ1v) is 8.30. The number of hydrogen-bond acceptors (Lipinski definition) is 1. The Morgan fingerprint density at radius 3 is 2.75 bits per heavy atom. The van der Waals surface area contributed by atoms with Crippen molar-refractivity contribution in [1.82, 2.24) is 9.55 Å². The fraction of sp³-hybridized carbons (Fsp3) is 0.471. The Balaban J connectivity index is 2.05. The van der Waals surface area contributed by atoms with Crippen molar-refractivity contribution in [3.8, 4) is 0 Å². The predicted molar refractivity (Wildman–Crippen MR) is 87.9 cm³/mol. The first kappa shape index (κ1) is 15.3. The lowest BCUT2D eigenvalue weighted by Gasteiger charge is -2.19. The van der Waals surface area contributed by atoms with Gasteiger partial charge < -0.3 is 4.57 Å². The highest BCUT2D eigenvalue weighted by Gasteiger charge is 2.14. The van der Waals surface area contributed by atoms with E-state index in [0.29, 0.717) is 5.92 Å². The van der Waals surface area contributed by atoms with Gasteiger partial charge in [0.25, 0.3) is 0 Å². The summed E-state index contributed by atoms with van der Waals surface area (Å²) in [5.41, 5.74) is 1.41. The van der Waals surface area contributed by atoms with Crippen molar-refractivity contribution in [2.24, 2.45) is 0 Å². The molecule has 108 valence electrons. The van der Waals surface area contributed by atoms with E-state index in [4.69, 9.17) is 0 Å². The molecule has 2 aromatic rings. The van der Waals surface area contributed by atoms with E-state index in [0.717, 1.165) is 6.54 Å². The van der Waals surface area contributed by atoms with Crippen LogP contribution < -0.4 is 0 Å². The van der Waals surface area contributed by atoms with Gasteiger partial charge in [-0.15, -0.1) is 0 Å². The van der Waals surface area contributed by atoms with Crippen LogP contribution in [0, 0.1) is 0 Å². The minimum atomic E-state index is 0.552. The molecule has 0 amide bonds. The third-order valence-corrected chi connectivity index (χ3v) is 4.46. The highest BCUT2D eigenvalue weighted by Crippen LogP contribution is 2.30. The summed E-state index contributed by atoms with van der Waals surface area (Å²) >= 11 is 3.70. The summed E-state index contributed by atoms with van der Waals surface area (Å²) in [5, 5.41) is 0. The van der Waals surface area contributed by atoms with Crippen molar-refractivity contribution in [3.05, 3.63) is 53.0 Å². The molecule has 0 N–H and O–H groups in total. The van der Waals surface area contributed by atoms with Crippen LogP contribution in [0.15, 0.2) is 47.5 Å². The average molecular weight is 335 g/mol. The summed E-state index contributed by atoms with van der Waals surface area (Å²) < 4.78 is 3.41. The van der Waals surface area contributed by atoms with Crippen LogP contribution in [0.4, 0.5) is 0 Å². The summed E-state index contributed by atoms with van der Waals surface area (Å²) in [6, 6.07) is 8.60. The van der Waals surface area contributed by atoms with Crippen LogP contribution >= 0.6 is 15.9 Å². The van der Waals surface area contributed by atoms with E-state index < -0.39 is 0 Å². The van der Waals surface area contributed by atoms with E-state index in [1.807, 2.05) is 12.5 Å². The van der Waals surface area contributed by atoms with Gasteiger partial charge in [0.15, 0.2) is 0 Å². The Morgan fingerprint density at radius 2 is 2.05 bits per heavy atom. The molecule has 20 heavy (non-hydrogen) atoms. The number of imidazole rings is 1. The fourth-order valence-corrected chi connectivity index (χ4v) is 3.23. The van der Waals surface area contributed by atoms with Crippen molar-refractivity contribution in [3.63, 3.8) is 0 Å². The minimum Gasteiger partial charge on any atom is -0.337 e. The largest absolute Gasteiger partial charge is 0.337 e. The maximum atomic E-state index is 4.15. The fourth-order valence-electron chi connectivity index (χ4n) is 2.62. The van der Waals surface area contributed by atoms with E-state index in [2.05, 4.69) is 62.9 Å². The summed E-state index contributed by atoms with van der Waals surface area (Å²) in [6.07, 6.45) is 12.3. The zero-order valence-electron chi connectivity index (χ0n) is 12.1. The highest BCUT2D eigenvalue weighted by atomic mass is 79.9. The Bertz CT molecular complexity index is 493. The first-order valence-electron chi connectivity index (χ1n) is 7.51. The molecule has 3 heteroatoms. The zero-order valence-corrected chi connectivity index (χ0v) is 13.7. The Labute approximate surface area is 130 Å². The molecule has 0 fully saturated rings. The maximum absolute atomic E-state index is 4.15. The number of aromatic nitrogens is 2. The summed E-state index contributed by atoms with van der Waals surface area (Å²) in [7, 11) is 0. The summed E-state index contributed by atoms with van der Waals surface area (Å²) in [6.45, 7) is 3.27. The van der Waals surface area contributed by atoms with Crippen LogP contribution in [0.2, 0.25) is 0 Å². The van der Waals surface area contributed by atoms with E-state index in [9.17, 15) is 0 Å². The molecule has 1 unspecified atom stereocenters. The van der Waals surface area contributed by atoms with Crippen LogP contribution in [0.5, 0.6) is 0 Å². The number of rotatable bonds is 8. The molecule has 2 nitrogen and oxygen atoms in total. The van der Waals surface area contributed by atoms with Gasteiger partial charge >= 0.3 is 0 Å². The quantitative estimate of drug-likeness (QED) is 0.591. The Kier molecular flexibility index (Phi) is 6.31. The molecule has 1 aromatic carbocycles. The predicted octanol–water partition coefficient (Wildman–Crippen LogP) is 5.40. The Morgan fingerprint density at radius 1 is 1.20 bits per heavy atom. The monoisotopic (exact) mass is 334 g/mol. The molecule has 0 saturated heterocycles. The standard InChI is InChI=1S/C17H23BrN2/c1-2-3-4-5-8-15(13-20-12-11-19-14-20)16-9-6-7-10-17(16)18/h6-7,9-12,14-15H,2-5,8,13H2,1H3. The van der Waals surface area contributed by atoms with Gasteiger partial charge in [-0.1, -0.05) is 66.7 Å². The van der Waals surface area contributed by atoms with Crippen LogP contribution in [0.25, 0.3) is 0 Å². The van der Waals surface area contributed by atoms with Gasteiger partial charge in [0.2, 0.25) is 0 Å². The lowest BCUT2D eigenvalue weighted by atomic mass is 9.93. The lowest BCUT2D eigenvalue weighted by molar-refractivity contribution is 0.490. The second-order valence-corrected chi connectivity index (χ2v) is 6.18. The maximum Gasteiger partial charge on any atom is 0.0946 e. The highest BCUT2D eigenvalue weighted by molar-refractivity contribution is 9.10. The van der Waals surface area contributed by atoms with Crippen molar-refractivity contribution in [2.45, 2.75) is 51.5 Å². The lowest BCUT2D eigenvalue weighted by Crippen LogP contribution is -2.09. The second kappa shape index (κ2) is 8.25. The van der Waals surface area contributed by atoms with Crippen molar-refractivity contribution in [2.75, 3.05) is 0 Å². The molecule has 0 bridgehead atoms. The zero-order chi connectivity index (χ0) is 14.2. The van der Waals surface area contributed by atoms with Gasteiger partial charge in [-0.25, -0.2) is 4.98 Å². The number of nitrogens with zero attached hydrogens (tertiary/aromatic N) is 2. The number of benzene rings is 1. The summed E-state index contributed by atoms with van der Waals surface area (Å²) in [5.74, 6) is 0.552. The van der Waals surface area contributed by atoms with Crippen LogP contribution in [-0.4, -0.2) is 9.55 Å². The molecule has 1 aromatic heterocycles. The topological polar surface area (TPSA) is 17.8 Å². The molecule has 0 spiro atoms. The van der Waals surface area contributed by atoms with E-state index in [1.54, 1.807) is 0 Å². The summed E-state index contributed by atoms with van der Waals surface area (Å²) in [4.78, 5) is 4.15. The molecule has 1 atom stereocenters. The van der Waals surface area contributed by atoms with Gasteiger partial charge in [-0.05, 0) is 18.1 Å². The minimum absolute atomic E-state index is 0.552. The molecular weight excluding hydrogens is 312 g/mol. The second-order valence-electron chi connectivity index (χ2n) is 5.33. The average Bonchev–Trinajstić information content (AvgIpc) is 2.96. The molecule has 1 heterocycles. The third kappa shape index (κ3) is 4.48. The van der Waals surface area contributed by atoms with Gasteiger partial charge in [0.1, 0.15) is 0 Å². The van der Waals surface area contributed by atoms with Gasteiger partial charge in [-0.2, -0.15) is 0 Å². The van der Waals surface area contributed by atoms with Crippen LogP contribution in [0.3, 0.4) is 0 Å². The van der Waals surface area contributed by atoms with Crippen LogP contribution in [0.1, 0.15) is 50.5 Å². The molecule has 0 aliphatic heterocycles. The molecular formula is C17H23BrN2. The van der Waals surface area contributed by atoms with E-state index >= 15 is 0 Å². The SMILES string of the molecule is CCCCCCC(Cn1ccnc1)c1ccccc1Br. The van der Waals surface area contributed by atoms with E-state index in [-0.39, 0.29) is 0 Å². The van der Waals surface area contributed by atoms with Crippen molar-refractivity contribution >= 4 is 15.9 Å². The molecule has 0 aliphatic carbocycles. The number of halogens is 1. The van der Waals surface area contributed by atoms with Gasteiger partial charge in [0.05, 0.1) is 6.33 Å². The van der Waals surface area contributed by atoms with Crippen molar-refractivity contribution < 1.29 is 0 Å². The smallest absolute Gasteiger partial charge is 0.0946 e. The molecule has 0 radical (unpaired) electrons. The molecule has 2 rings (SSSR count). The Hall–Kier alpha value is -1.09. The van der Waals surface area contributed by atoms with Crippen molar-refractivity contribution in [1.29, 1.82) is 0 Å².